The number of morpholine rings is 1. The van der Waals surface area contributed by atoms with Gasteiger partial charge in [0, 0.05) is 31.9 Å². The fraction of sp³-hybridized carbons (Fsp3) is 0.368. The summed E-state index contributed by atoms with van der Waals surface area (Å²) in [6.45, 7) is 3.14. The standard InChI is InChI=1S/C19H23N3O3/c1-24-16-7-8-20-18(11-16)21-19(23)12-17-14-22(9-10-25-17)13-15-5-3-2-4-6-15/h2-8,11,17H,9-10,12-14H2,1H3,(H,20,21,23). The summed E-state index contributed by atoms with van der Waals surface area (Å²) in [5.74, 6) is 1.04. The Labute approximate surface area is 147 Å². The average Bonchev–Trinajstić information content (AvgIpc) is 2.63. The molecule has 1 aliphatic heterocycles. The SMILES string of the molecule is COc1ccnc(NC(=O)CC2CN(Cc3ccccc3)CCO2)c1. The van der Waals surface area contributed by atoms with Crippen molar-refractivity contribution in [3.05, 3.63) is 54.2 Å². The van der Waals surface area contributed by atoms with Gasteiger partial charge in [-0.05, 0) is 11.6 Å². The zero-order valence-electron chi connectivity index (χ0n) is 14.4. The molecule has 2 heterocycles. The van der Waals surface area contributed by atoms with Crippen LogP contribution in [-0.4, -0.2) is 48.7 Å². The minimum Gasteiger partial charge on any atom is -0.497 e. The van der Waals surface area contributed by atoms with E-state index < -0.39 is 0 Å². The van der Waals surface area contributed by atoms with E-state index in [0.717, 1.165) is 19.6 Å². The smallest absolute Gasteiger partial charge is 0.228 e. The molecule has 3 rings (SSSR count). The van der Waals surface area contributed by atoms with Crippen LogP contribution in [0.3, 0.4) is 0 Å². The van der Waals surface area contributed by atoms with E-state index in [4.69, 9.17) is 9.47 Å². The molecule has 25 heavy (non-hydrogen) atoms. The van der Waals surface area contributed by atoms with E-state index in [1.54, 1.807) is 25.4 Å². The molecule has 1 aromatic carbocycles. The van der Waals surface area contributed by atoms with Gasteiger partial charge in [0.05, 0.1) is 26.2 Å². The van der Waals surface area contributed by atoms with Crippen LogP contribution in [0.25, 0.3) is 0 Å². The second-order valence-corrected chi connectivity index (χ2v) is 6.05. The van der Waals surface area contributed by atoms with E-state index >= 15 is 0 Å². The van der Waals surface area contributed by atoms with Crippen LogP contribution in [0.15, 0.2) is 48.7 Å². The number of nitrogens with one attached hydrogen (secondary N) is 1. The maximum atomic E-state index is 12.3. The van der Waals surface area contributed by atoms with Gasteiger partial charge in [-0.3, -0.25) is 9.69 Å². The summed E-state index contributed by atoms with van der Waals surface area (Å²) in [6, 6.07) is 13.8. The van der Waals surface area contributed by atoms with Gasteiger partial charge in [0.1, 0.15) is 11.6 Å². The fourth-order valence-corrected chi connectivity index (χ4v) is 2.90. The molecule has 1 N–H and O–H groups in total. The number of carbonyl (C=O) groups is 1. The summed E-state index contributed by atoms with van der Waals surface area (Å²) in [7, 11) is 1.58. The van der Waals surface area contributed by atoms with Gasteiger partial charge in [-0.25, -0.2) is 4.98 Å². The minimum atomic E-state index is -0.108. The Morgan fingerprint density at radius 1 is 1.36 bits per heavy atom. The van der Waals surface area contributed by atoms with Crippen LogP contribution >= 0.6 is 0 Å². The molecule has 1 saturated heterocycles. The van der Waals surface area contributed by atoms with Gasteiger partial charge in [-0.1, -0.05) is 30.3 Å². The predicted octanol–water partition coefficient (Wildman–Crippen LogP) is 2.32. The second kappa shape index (κ2) is 8.60. The average molecular weight is 341 g/mol. The molecule has 2 aromatic rings. The summed E-state index contributed by atoms with van der Waals surface area (Å²) >= 11 is 0. The van der Waals surface area contributed by atoms with Gasteiger partial charge in [0.25, 0.3) is 0 Å². The highest BCUT2D eigenvalue weighted by molar-refractivity contribution is 5.90. The van der Waals surface area contributed by atoms with Crippen LogP contribution in [-0.2, 0) is 16.1 Å². The molecular formula is C19H23N3O3. The van der Waals surface area contributed by atoms with Gasteiger partial charge in [0.15, 0.2) is 0 Å². The molecule has 1 atom stereocenters. The monoisotopic (exact) mass is 341 g/mol. The number of benzene rings is 1. The van der Waals surface area contributed by atoms with E-state index in [-0.39, 0.29) is 12.0 Å². The molecule has 0 bridgehead atoms. The molecule has 6 heteroatoms. The van der Waals surface area contributed by atoms with Crippen LogP contribution in [0.2, 0.25) is 0 Å². The molecule has 1 fully saturated rings. The summed E-state index contributed by atoms with van der Waals surface area (Å²) in [6.07, 6.45) is 1.81. The van der Waals surface area contributed by atoms with Gasteiger partial charge in [-0.2, -0.15) is 0 Å². The maximum Gasteiger partial charge on any atom is 0.228 e. The first kappa shape index (κ1) is 17.4. The third-order valence-electron chi connectivity index (χ3n) is 4.12. The quantitative estimate of drug-likeness (QED) is 0.874. The lowest BCUT2D eigenvalue weighted by atomic mass is 10.1. The summed E-state index contributed by atoms with van der Waals surface area (Å²) < 4.78 is 10.9. The summed E-state index contributed by atoms with van der Waals surface area (Å²) in [4.78, 5) is 18.7. The number of amides is 1. The minimum absolute atomic E-state index is 0.104. The topological polar surface area (TPSA) is 63.7 Å². The number of rotatable bonds is 6. The second-order valence-electron chi connectivity index (χ2n) is 6.05. The highest BCUT2D eigenvalue weighted by Crippen LogP contribution is 2.16. The Kier molecular flexibility index (Phi) is 5.98. The molecular weight excluding hydrogens is 318 g/mol. The number of pyridine rings is 1. The normalized spacial score (nSPS) is 17.9. The van der Waals surface area contributed by atoms with Crippen molar-refractivity contribution in [1.29, 1.82) is 0 Å². The lowest BCUT2D eigenvalue weighted by Crippen LogP contribution is -2.43. The maximum absolute atomic E-state index is 12.3. The Hall–Kier alpha value is -2.44. The van der Waals surface area contributed by atoms with E-state index in [2.05, 4.69) is 27.3 Å². The van der Waals surface area contributed by atoms with Crippen molar-refractivity contribution < 1.29 is 14.3 Å². The van der Waals surface area contributed by atoms with E-state index in [1.165, 1.54) is 5.56 Å². The van der Waals surface area contributed by atoms with Gasteiger partial charge in [-0.15, -0.1) is 0 Å². The van der Waals surface area contributed by atoms with Crippen molar-refractivity contribution in [2.45, 2.75) is 19.1 Å². The number of aromatic nitrogens is 1. The molecule has 0 spiro atoms. The summed E-state index contributed by atoms with van der Waals surface area (Å²) in [5, 5.41) is 2.80. The Morgan fingerprint density at radius 3 is 3.00 bits per heavy atom. The fourth-order valence-electron chi connectivity index (χ4n) is 2.90. The van der Waals surface area contributed by atoms with Crippen LogP contribution in [0.5, 0.6) is 5.75 Å². The van der Waals surface area contributed by atoms with Crippen molar-refractivity contribution in [2.24, 2.45) is 0 Å². The highest BCUT2D eigenvalue weighted by Gasteiger charge is 2.23. The molecule has 1 aromatic heterocycles. The molecule has 132 valence electrons. The molecule has 6 nitrogen and oxygen atoms in total. The number of methoxy groups -OCH3 is 1. The van der Waals surface area contributed by atoms with Crippen LogP contribution < -0.4 is 10.1 Å². The predicted molar refractivity (Wildman–Crippen MR) is 95.5 cm³/mol. The molecule has 1 unspecified atom stereocenters. The van der Waals surface area contributed by atoms with Gasteiger partial charge >= 0.3 is 0 Å². The Bertz CT molecular complexity index is 693. The van der Waals surface area contributed by atoms with Gasteiger partial charge in [0.2, 0.25) is 5.91 Å². The van der Waals surface area contributed by atoms with E-state index in [9.17, 15) is 4.79 Å². The van der Waals surface area contributed by atoms with Crippen LogP contribution in [0.1, 0.15) is 12.0 Å². The first-order chi connectivity index (χ1) is 12.2. The third kappa shape index (κ3) is 5.27. The van der Waals surface area contributed by atoms with Crippen molar-refractivity contribution in [1.82, 2.24) is 9.88 Å². The Balaban J connectivity index is 1.50. The van der Waals surface area contributed by atoms with Crippen molar-refractivity contribution >= 4 is 11.7 Å². The zero-order chi connectivity index (χ0) is 17.5. The molecule has 1 aliphatic rings. The van der Waals surface area contributed by atoms with E-state index in [1.807, 2.05) is 18.2 Å². The molecule has 0 aliphatic carbocycles. The zero-order valence-corrected chi connectivity index (χ0v) is 14.4. The lowest BCUT2D eigenvalue weighted by Gasteiger charge is -2.32. The first-order valence-electron chi connectivity index (χ1n) is 8.41. The number of hydrogen-bond acceptors (Lipinski definition) is 5. The van der Waals surface area contributed by atoms with Crippen molar-refractivity contribution in [3.8, 4) is 5.75 Å². The number of nitrogens with zero attached hydrogens (tertiary/aromatic N) is 2. The summed E-state index contributed by atoms with van der Waals surface area (Å²) in [5.41, 5.74) is 1.27. The number of carbonyl (C=O) groups excluding carboxylic acids is 1. The number of anilines is 1. The van der Waals surface area contributed by atoms with Crippen molar-refractivity contribution in [2.75, 3.05) is 32.1 Å². The number of ether oxygens (including phenoxy) is 2. The molecule has 0 radical (unpaired) electrons. The first-order valence-corrected chi connectivity index (χ1v) is 8.41. The van der Waals surface area contributed by atoms with Gasteiger partial charge < -0.3 is 14.8 Å². The molecule has 0 saturated carbocycles. The largest absolute Gasteiger partial charge is 0.497 e. The van der Waals surface area contributed by atoms with Crippen molar-refractivity contribution in [3.63, 3.8) is 0 Å². The van der Waals surface area contributed by atoms with Crippen LogP contribution in [0, 0.1) is 0 Å². The van der Waals surface area contributed by atoms with Crippen LogP contribution in [0.4, 0.5) is 5.82 Å². The van der Waals surface area contributed by atoms with E-state index in [0.29, 0.717) is 24.6 Å². The third-order valence-corrected chi connectivity index (χ3v) is 4.12. The molecule has 1 amide bonds. The number of hydrogen-bond donors (Lipinski definition) is 1. The Morgan fingerprint density at radius 2 is 2.20 bits per heavy atom. The lowest BCUT2D eigenvalue weighted by molar-refractivity contribution is -0.121. The highest BCUT2D eigenvalue weighted by atomic mass is 16.5.